The van der Waals surface area contributed by atoms with Gasteiger partial charge < -0.3 is 14.7 Å². The van der Waals surface area contributed by atoms with E-state index in [1.807, 2.05) is 6.07 Å². The molecule has 2 aliphatic heterocycles. The smallest absolute Gasteiger partial charge is 0.238 e. The molecule has 1 amide bonds. The van der Waals surface area contributed by atoms with Crippen LogP contribution in [-0.2, 0) is 17.8 Å². The van der Waals surface area contributed by atoms with Crippen molar-refractivity contribution in [2.24, 2.45) is 5.92 Å². The molecule has 7 nitrogen and oxygen atoms in total. The van der Waals surface area contributed by atoms with Crippen molar-refractivity contribution in [3.8, 4) is 0 Å². The molecule has 6 rings (SSSR count). The lowest BCUT2D eigenvalue weighted by Crippen LogP contribution is -2.69. The molecule has 2 saturated heterocycles. The van der Waals surface area contributed by atoms with Crippen LogP contribution < -0.4 is 5.32 Å². The van der Waals surface area contributed by atoms with Crippen LogP contribution >= 0.6 is 0 Å². The summed E-state index contributed by atoms with van der Waals surface area (Å²) in [5.74, 6) is -0.0340. The zero-order valence-electron chi connectivity index (χ0n) is 20.2. The summed E-state index contributed by atoms with van der Waals surface area (Å²) < 4.78 is 32.7. The number of aromatic nitrogens is 2. The van der Waals surface area contributed by atoms with E-state index >= 15 is 0 Å². The minimum atomic E-state index is -0.643. The lowest BCUT2D eigenvalue weighted by atomic mass is 9.73. The largest absolute Gasteiger partial charge is 0.339 e. The normalized spacial score (nSPS) is 24.7. The van der Waals surface area contributed by atoms with Crippen molar-refractivity contribution in [3.05, 3.63) is 82.5 Å². The van der Waals surface area contributed by atoms with Crippen molar-refractivity contribution in [2.75, 3.05) is 19.6 Å². The third kappa shape index (κ3) is 4.00. The topological polar surface area (TPSA) is 74.5 Å². The van der Waals surface area contributed by atoms with E-state index in [0.717, 1.165) is 30.9 Å². The van der Waals surface area contributed by atoms with Crippen LogP contribution in [0, 0.1) is 24.5 Å². The minimum absolute atomic E-state index is 0.107. The highest BCUT2D eigenvalue weighted by Crippen LogP contribution is 2.49. The number of aryl methyl sites for hydroxylation is 1. The first-order valence-corrected chi connectivity index (χ1v) is 12.5. The van der Waals surface area contributed by atoms with Gasteiger partial charge in [-0.15, -0.1) is 0 Å². The van der Waals surface area contributed by atoms with Gasteiger partial charge in [0, 0.05) is 25.7 Å². The molecule has 2 unspecified atom stereocenters. The second kappa shape index (κ2) is 9.05. The van der Waals surface area contributed by atoms with Crippen LogP contribution in [0.3, 0.4) is 0 Å². The molecule has 3 aliphatic rings. The Balaban J connectivity index is 1.30. The molecule has 3 aromatic rings. The van der Waals surface area contributed by atoms with E-state index in [2.05, 4.69) is 50.4 Å². The van der Waals surface area contributed by atoms with Gasteiger partial charge in [-0.25, -0.2) is 8.78 Å². The first-order valence-electron chi connectivity index (χ1n) is 12.5. The fourth-order valence-electron chi connectivity index (χ4n) is 6.10. The Labute approximate surface area is 208 Å². The fraction of sp³-hybridized carbons (Fsp3) is 0.444. The molecule has 3 heterocycles. The number of nitrogens with zero attached hydrogens (tertiary/aromatic N) is 4. The van der Waals surface area contributed by atoms with Gasteiger partial charge >= 0.3 is 0 Å². The Morgan fingerprint density at radius 1 is 1.14 bits per heavy atom. The molecular weight excluding hydrogens is 464 g/mol. The number of fused-ring (bicyclic) bond motifs is 1. The second-order valence-corrected chi connectivity index (χ2v) is 10.3. The maximum Gasteiger partial charge on any atom is 0.238 e. The van der Waals surface area contributed by atoms with Gasteiger partial charge in [-0.3, -0.25) is 9.69 Å². The van der Waals surface area contributed by atoms with Gasteiger partial charge in [-0.05, 0) is 48.9 Å². The Morgan fingerprint density at radius 3 is 2.67 bits per heavy atom. The molecule has 2 atom stereocenters. The molecule has 9 heteroatoms. The zero-order valence-corrected chi connectivity index (χ0v) is 20.2. The molecular formula is C27H29F2N5O2. The van der Waals surface area contributed by atoms with E-state index < -0.39 is 17.3 Å². The molecule has 3 fully saturated rings. The lowest BCUT2D eigenvalue weighted by Gasteiger charge is -2.56. The molecule has 0 spiro atoms. The molecule has 2 aromatic carbocycles. The molecule has 0 bridgehead atoms. The third-order valence-electron chi connectivity index (χ3n) is 7.91. The average Bonchev–Trinajstić information content (AvgIpc) is 3.35. The van der Waals surface area contributed by atoms with E-state index in [-0.39, 0.29) is 24.3 Å². The Hall–Kier alpha value is -3.17. The minimum Gasteiger partial charge on any atom is -0.339 e. The van der Waals surface area contributed by atoms with Gasteiger partial charge in [0.05, 0.1) is 19.0 Å². The summed E-state index contributed by atoms with van der Waals surface area (Å²) >= 11 is 0. The van der Waals surface area contributed by atoms with Crippen LogP contribution in [0.2, 0.25) is 0 Å². The Morgan fingerprint density at radius 2 is 1.94 bits per heavy atom. The highest BCUT2D eigenvalue weighted by atomic mass is 19.1. The van der Waals surface area contributed by atoms with Gasteiger partial charge in [0.1, 0.15) is 17.3 Å². The summed E-state index contributed by atoms with van der Waals surface area (Å²) in [6.07, 6.45) is 3.44. The highest BCUT2D eigenvalue weighted by molar-refractivity contribution is 5.82. The first-order chi connectivity index (χ1) is 17.4. The van der Waals surface area contributed by atoms with E-state index in [1.54, 1.807) is 0 Å². The predicted molar refractivity (Wildman–Crippen MR) is 128 cm³/mol. The number of carbonyl (C=O) groups is 1. The van der Waals surface area contributed by atoms with Crippen LogP contribution in [0.25, 0.3) is 0 Å². The third-order valence-corrected chi connectivity index (χ3v) is 7.91. The number of carbonyl (C=O) groups excluding carboxylic acids is 1. The maximum atomic E-state index is 13.6. The van der Waals surface area contributed by atoms with Crippen LogP contribution in [0.4, 0.5) is 8.78 Å². The molecule has 1 aliphatic carbocycles. The van der Waals surface area contributed by atoms with Crippen LogP contribution in [0.1, 0.15) is 53.7 Å². The van der Waals surface area contributed by atoms with Crippen molar-refractivity contribution < 1.29 is 18.1 Å². The lowest BCUT2D eigenvalue weighted by molar-refractivity contribution is -0.142. The number of rotatable bonds is 6. The van der Waals surface area contributed by atoms with E-state index in [4.69, 9.17) is 4.52 Å². The SMILES string of the molecule is Cc1cccc(CN2C(=O)CN3C(c4noc(Cc5cc(F)cc(F)c5)n4)CNCC23C2CCC2)c1. The van der Waals surface area contributed by atoms with Gasteiger partial charge in [-0.2, -0.15) is 4.98 Å². The summed E-state index contributed by atoms with van der Waals surface area (Å²) in [5, 5.41) is 7.80. The number of hydrogen-bond acceptors (Lipinski definition) is 6. The maximum absolute atomic E-state index is 13.6. The molecule has 188 valence electrons. The van der Waals surface area contributed by atoms with Gasteiger partial charge in [0.15, 0.2) is 5.82 Å². The molecule has 1 aromatic heterocycles. The first kappa shape index (κ1) is 23.2. The quantitative estimate of drug-likeness (QED) is 0.564. The fourth-order valence-corrected chi connectivity index (χ4v) is 6.10. The molecule has 1 N–H and O–H groups in total. The molecule has 0 radical (unpaired) electrons. The Bertz CT molecular complexity index is 1270. The van der Waals surface area contributed by atoms with Crippen LogP contribution in [0.15, 0.2) is 47.0 Å². The van der Waals surface area contributed by atoms with Gasteiger partial charge in [0.2, 0.25) is 11.8 Å². The second-order valence-electron chi connectivity index (χ2n) is 10.3. The number of piperazine rings is 1. The van der Waals surface area contributed by atoms with Crippen molar-refractivity contribution in [2.45, 2.75) is 50.9 Å². The van der Waals surface area contributed by atoms with Crippen LogP contribution in [-0.4, -0.2) is 51.1 Å². The van der Waals surface area contributed by atoms with E-state index in [9.17, 15) is 13.6 Å². The monoisotopic (exact) mass is 493 g/mol. The van der Waals surface area contributed by atoms with Gasteiger partial charge in [0.25, 0.3) is 0 Å². The highest BCUT2D eigenvalue weighted by Gasteiger charge is 2.60. The van der Waals surface area contributed by atoms with Crippen molar-refractivity contribution >= 4 is 5.91 Å². The summed E-state index contributed by atoms with van der Waals surface area (Å²) in [5.41, 5.74) is 2.27. The van der Waals surface area contributed by atoms with Gasteiger partial charge in [-0.1, -0.05) is 41.4 Å². The van der Waals surface area contributed by atoms with Crippen molar-refractivity contribution in [3.63, 3.8) is 0 Å². The summed E-state index contributed by atoms with van der Waals surface area (Å²) in [7, 11) is 0. The number of hydrogen-bond donors (Lipinski definition) is 1. The Kier molecular flexibility index (Phi) is 5.84. The standard InChI is InChI=1S/C27H29F2N5O2/c1-17-4-2-5-18(8-17)14-34-25(35)15-33-23(13-30-16-27(33,34)20-6-3-7-20)26-31-24(36-32-26)11-19-9-21(28)12-22(29)10-19/h2,4-5,8-10,12,20,23,30H,3,6-7,11,13-16H2,1H3. The predicted octanol–water partition coefficient (Wildman–Crippen LogP) is 3.73. The van der Waals surface area contributed by atoms with Crippen molar-refractivity contribution in [1.82, 2.24) is 25.3 Å². The zero-order chi connectivity index (χ0) is 24.9. The van der Waals surface area contributed by atoms with E-state index in [1.165, 1.54) is 17.7 Å². The number of benzene rings is 2. The summed E-state index contributed by atoms with van der Waals surface area (Å²) in [4.78, 5) is 22.4. The summed E-state index contributed by atoms with van der Waals surface area (Å²) in [6.45, 7) is 4.21. The van der Waals surface area contributed by atoms with Crippen LogP contribution in [0.5, 0.6) is 0 Å². The number of amides is 1. The molecule has 36 heavy (non-hydrogen) atoms. The number of halogens is 2. The van der Waals surface area contributed by atoms with Crippen molar-refractivity contribution in [1.29, 1.82) is 0 Å². The summed E-state index contributed by atoms with van der Waals surface area (Å²) in [6, 6.07) is 11.4. The average molecular weight is 494 g/mol. The molecule has 1 saturated carbocycles. The van der Waals surface area contributed by atoms with E-state index in [0.29, 0.717) is 43.5 Å². The number of nitrogens with one attached hydrogen (secondary N) is 1.